The fourth-order valence-electron chi connectivity index (χ4n) is 3.59. The molecular formula is C22H29N3O3S. The van der Waals surface area contributed by atoms with E-state index in [9.17, 15) is 13.2 Å². The second-order valence-corrected chi connectivity index (χ2v) is 9.68. The van der Waals surface area contributed by atoms with Crippen LogP contribution in [-0.4, -0.2) is 49.7 Å². The van der Waals surface area contributed by atoms with E-state index >= 15 is 0 Å². The zero-order chi connectivity index (χ0) is 20.9. The smallest absolute Gasteiger partial charge is 0.243 e. The van der Waals surface area contributed by atoms with Crippen LogP contribution < -0.4 is 5.32 Å². The number of amides is 1. The predicted octanol–water partition coefficient (Wildman–Crippen LogP) is 3.32. The summed E-state index contributed by atoms with van der Waals surface area (Å²) in [5.74, 6) is -0.0736. The Bertz CT molecular complexity index is 914. The number of rotatable bonds is 7. The summed E-state index contributed by atoms with van der Waals surface area (Å²) in [4.78, 5) is 14.7. The highest BCUT2D eigenvalue weighted by atomic mass is 32.2. The van der Waals surface area contributed by atoms with Crippen LogP contribution in [0.3, 0.4) is 0 Å². The number of nitrogens with one attached hydrogen (secondary N) is 1. The van der Waals surface area contributed by atoms with Gasteiger partial charge in [0.15, 0.2) is 0 Å². The van der Waals surface area contributed by atoms with E-state index in [1.54, 1.807) is 19.2 Å². The van der Waals surface area contributed by atoms with Crippen molar-refractivity contribution in [1.82, 2.24) is 9.21 Å². The van der Waals surface area contributed by atoms with Crippen LogP contribution in [0.5, 0.6) is 0 Å². The predicted molar refractivity (Wildman–Crippen MR) is 115 cm³/mol. The lowest BCUT2D eigenvalue weighted by molar-refractivity contribution is -0.118. The first kappa shape index (κ1) is 21.5. The van der Waals surface area contributed by atoms with E-state index < -0.39 is 10.0 Å². The molecule has 0 saturated carbocycles. The van der Waals surface area contributed by atoms with E-state index in [-0.39, 0.29) is 10.8 Å². The quantitative estimate of drug-likeness (QED) is 0.753. The summed E-state index contributed by atoms with van der Waals surface area (Å²) in [6.45, 7) is 3.76. The SMILES string of the molecule is C[C@H]1CCCCN1CC(=O)Nc1ccc(S(=O)(=O)N(C)Cc2ccccc2)cc1. The Kier molecular flexibility index (Phi) is 7.05. The number of hydrogen-bond acceptors (Lipinski definition) is 4. The molecule has 2 aromatic carbocycles. The fourth-order valence-corrected chi connectivity index (χ4v) is 4.75. The van der Waals surface area contributed by atoms with Crippen molar-refractivity contribution in [3.63, 3.8) is 0 Å². The van der Waals surface area contributed by atoms with Gasteiger partial charge in [-0.3, -0.25) is 9.69 Å². The molecule has 0 aliphatic carbocycles. The largest absolute Gasteiger partial charge is 0.325 e. The molecule has 29 heavy (non-hydrogen) atoms. The van der Waals surface area contributed by atoms with Crippen molar-refractivity contribution >= 4 is 21.6 Å². The Balaban J connectivity index is 1.60. The van der Waals surface area contributed by atoms with Gasteiger partial charge < -0.3 is 5.32 Å². The average Bonchev–Trinajstić information content (AvgIpc) is 2.71. The number of carbonyl (C=O) groups excluding carboxylic acids is 1. The van der Waals surface area contributed by atoms with Crippen LogP contribution in [0.15, 0.2) is 59.5 Å². The Morgan fingerprint density at radius 2 is 1.79 bits per heavy atom. The molecule has 2 aromatic rings. The Morgan fingerprint density at radius 3 is 2.45 bits per heavy atom. The molecule has 1 aliphatic heterocycles. The van der Waals surface area contributed by atoms with Gasteiger partial charge in [-0.25, -0.2) is 8.42 Å². The highest BCUT2D eigenvalue weighted by Gasteiger charge is 2.22. The molecule has 0 bridgehead atoms. The number of carbonyl (C=O) groups is 1. The number of sulfonamides is 1. The van der Waals surface area contributed by atoms with Crippen molar-refractivity contribution in [2.45, 2.75) is 43.7 Å². The van der Waals surface area contributed by atoms with E-state index in [1.807, 2.05) is 30.3 Å². The van der Waals surface area contributed by atoms with Crippen molar-refractivity contribution in [3.05, 3.63) is 60.2 Å². The Morgan fingerprint density at radius 1 is 1.10 bits per heavy atom. The number of hydrogen-bond donors (Lipinski definition) is 1. The van der Waals surface area contributed by atoms with E-state index in [0.717, 1.165) is 24.9 Å². The standard InChI is InChI=1S/C22H29N3O3S/c1-18-8-6-7-15-25(18)17-22(26)23-20-11-13-21(14-12-20)29(27,28)24(2)16-19-9-4-3-5-10-19/h3-5,9-14,18H,6-8,15-17H2,1-2H3,(H,23,26)/t18-/m0/s1. The zero-order valence-corrected chi connectivity index (χ0v) is 17.9. The molecular weight excluding hydrogens is 386 g/mol. The molecule has 3 rings (SSSR count). The second kappa shape index (κ2) is 9.52. The monoisotopic (exact) mass is 415 g/mol. The van der Waals surface area contributed by atoms with Gasteiger partial charge in [-0.1, -0.05) is 36.8 Å². The van der Waals surface area contributed by atoms with Gasteiger partial charge in [0.2, 0.25) is 15.9 Å². The topological polar surface area (TPSA) is 69.7 Å². The molecule has 0 radical (unpaired) electrons. The van der Waals surface area contributed by atoms with Crippen LogP contribution in [0.2, 0.25) is 0 Å². The first-order valence-corrected chi connectivity index (χ1v) is 11.4. The normalized spacial score (nSPS) is 18.0. The maximum Gasteiger partial charge on any atom is 0.243 e. The summed E-state index contributed by atoms with van der Waals surface area (Å²) in [7, 11) is -2.03. The third-order valence-electron chi connectivity index (χ3n) is 5.38. The highest BCUT2D eigenvalue weighted by molar-refractivity contribution is 7.89. The Labute approximate surface area is 173 Å². The number of piperidine rings is 1. The summed E-state index contributed by atoms with van der Waals surface area (Å²) in [6, 6.07) is 16.2. The van der Waals surface area contributed by atoms with E-state index in [2.05, 4.69) is 17.1 Å². The average molecular weight is 416 g/mol. The lowest BCUT2D eigenvalue weighted by Gasteiger charge is -2.32. The zero-order valence-electron chi connectivity index (χ0n) is 17.0. The first-order chi connectivity index (χ1) is 13.9. The molecule has 1 fully saturated rings. The van der Waals surface area contributed by atoms with E-state index in [0.29, 0.717) is 24.8 Å². The summed E-state index contributed by atoms with van der Waals surface area (Å²) < 4.78 is 26.9. The minimum absolute atomic E-state index is 0.0736. The van der Waals surface area contributed by atoms with Crippen LogP contribution in [-0.2, 0) is 21.4 Å². The molecule has 1 heterocycles. The minimum Gasteiger partial charge on any atom is -0.325 e. The van der Waals surface area contributed by atoms with Crippen molar-refractivity contribution in [2.75, 3.05) is 25.5 Å². The molecule has 1 aliphatic rings. The van der Waals surface area contributed by atoms with Gasteiger partial charge in [-0.15, -0.1) is 0 Å². The lowest BCUT2D eigenvalue weighted by atomic mass is 10.0. The second-order valence-electron chi connectivity index (χ2n) is 7.63. The molecule has 1 atom stereocenters. The maximum atomic E-state index is 12.8. The van der Waals surface area contributed by atoms with Crippen LogP contribution in [0.1, 0.15) is 31.7 Å². The Hall–Kier alpha value is -2.22. The fraction of sp³-hybridized carbons (Fsp3) is 0.409. The van der Waals surface area contributed by atoms with Crippen molar-refractivity contribution < 1.29 is 13.2 Å². The molecule has 0 spiro atoms. The maximum absolute atomic E-state index is 12.8. The van der Waals surface area contributed by atoms with Gasteiger partial charge in [-0.05, 0) is 56.1 Å². The summed E-state index contributed by atoms with van der Waals surface area (Å²) in [5.41, 5.74) is 1.53. The highest BCUT2D eigenvalue weighted by Crippen LogP contribution is 2.20. The van der Waals surface area contributed by atoms with Gasteiger partial charge in [0, 0.05) is 25.3 Å². The van der Waals surface area contributed by atoms with Crippen LogP contribution in [0.4, 0.5) is 5.69 Å². The van der Waals surface area contributed by atoms with Crippen LogP contribution in [0, 0.1) is 0 Å². The van der Waals surface area contributed by atoms with Gasteiger partial charge in [-0.2, -0.15) is 4.31 Å². The molecule has 1 amide bonds. The molecule has 1 N–H and O–H groups in total. The molecule has 0 unspecified atom stereocenters. The summed E-state index contributed by atoms with van der Waals surface area (Å²) in [5, 5.41) is 2.87. The van der Waals surface area contributed by atoms with Crippen LogP contribution >= 0.6 is 0 Å². The lowest BCUT2D eigenvalue weighted by Crippen LogP contribution is -2.42. The van der Waals surface area contributed by atoms with Crippen molar-refractivity contribution in [1.29, 1.82) is 0 Å². The van der Waals surface area contributed by atoms with Gasteiger partial charge >= 0.3 is 0 Å². The first-order valence-electron chi connectivity index (χ1n) is 10.0. The molecule has 156 valence electrons. The third-order valence-corrected chi connectivity index (χ3v) is 7.20. The number of likely N-dealkylation sites (tertiary alicyclic amines) is 1. The molecule has 1 saturated heterocycles. The van der Waals surface area contributed by atoms with E-state index in [4.69, 9.17) is 0 Å². The van der Waals surface area contributed by atoms with Crippen molar-refractivity contribution in [2.24, 2.45) is 0 Å². The number of anilines is 1. The minimum atomic E-state index is -3.60. The van der Waals surface area contributed by atoms with Crippen molar-refractivity contribution in [3.8, 4) is 0 Å². The van der Waals surface area contributed by atoms with Gasteiger partial charge in [0.1, 0.15) is 0 Å². The number of nitrogens with zero attached hydrogens (tertiary/aromatic N) is 2. The summed E-state index contributed by atoms with van der Waals surface area (Å²) >= 11 is 0. The molecule has 0 aromatic heterocycles. The number of benzene rings is 2. The molecule has 6 nitrogen and oxygen atoms in total. The third kappa shape index (κ3) is 5.65. The van der Waals surface area contributed by atoms with Crippen LogP contribution in [0.25, 0.3) is 0 Å². The summed E-state index contributed by atoms with van der Waals surface area (Å²) in [6.07, 6.45) is 3.46. The van der Waals surface area contributed by atoms with E-state index in [1.165, 1.54) is 22.9 Å². The molecule has 7 heteroatoms. The van der Waals surface area contributed by atoms with Gasteiger partial charge in [0.25, 0.3) is 0 Å². The van der Waals surface area contributed by atoms with Gasteiger partial charge in [0.05, 0.1) is 11.4 Å².